The van der Waals surface area contributed by atoms with E-state index in [4.69, 9.17) is 39.5 Å². The largest absolute Gasteiger partial charge is 0.452 e. The Kier molecular flexibility index (Phi) is 4.96. The van der Waals surface area contributed by atoms with E-state index in [1.54, 1.807) is 12.1 Å². The molecule has 0 radical (unpaired) electrons. The van der Waals surface area contributed by atoms with E-state index in [0.717, 1.165) is 0 Å². The summed E-state index contributed by atoms with van der Waals surface area (Å²) in [4.78, 5) is 0. The van der Waals surface area contributed by atoms with Crippen LogP contribution in [0.25, 0.3) is 0 Å². The molecule has 6 heteroatoms. The zero-order valence-corrected chi connectivity index (χ0v) is 13.2. The first kappa shape index (κ1) is 14.9. The molecule has 0 aromatic heterocycles. The molecule has 2 aromatic carbocycles. The van der Waals surface area contributed by atoms with Gasteiger partial charge in [0.25, 0.3) is 0 Å². The minimum atomic E-state index is -0.473. The lowest BCUT2D eigenvalue weighted by Crippen LogP contribution is -1.94. The van der Waals surface area contributed by atoms with Crippen molar-refractivity contribution >= 4 is 50.7 Å². The zero-order chi connectivity index (χ0) is 14.0. The highest BCUT2D eigenvalue weighted by atomic mass is 79.9. The van der Waals surface area contributed by atoms with Gasteiger partial charge in [0.2, 0.25) is 0 Å². The van der Waals surface area contributed by atoms with E-state index in [-0.39, 0.29) is 21.5 Å². The third-order valence-corrected chi connectivity index (χ3v) is 4.00. The number of para-hydroxylation sites is 1. The Morgan fingerprint density at radius 1 is 1.05 bits per heavy atom. The van der Waals surface area contributed by atoms with E-state index < -0.39 is 5.82 Å². The van der Waals surface area contributed by atoms with E-state index in [1.165, 1.54) is 18.2 Å². The number of alkyl halides is 1. The molecule has 0 spiro atoms. The summed E-state index contributed by atoms with van der Waals surface area (Å²) in [5.74, 6) is -0.109. The Hall–Kier alpha value is -0.480. The van der Waals surface area contributed by atoms with E-state index in [0.29, 0.717) is 15.9 Å². The first-order valence-electron chi connectivity index (χ1n) is 5.18. The van der Waals surface area contributed by atoms with Crippen molar-refractivity contribution in [2.45, 2.75) is 5.33 Å². The van der Waals surface area contributed by atoms with Crippen molar-refractivity contribution < 1.29 is 9.13 Å². The van der Waals surface area contributed by atoms with Gasteiger partial charge in [-0.2, -0.15) is 0 Å². The maximum Gasteiger partial charge on any atom is 0.167 e. The highest BCUT2D eigenvalue weighted by Gasteiger charge is 2.13. The van der Waals surface area contributed by atoms with Gasteiger partial charge in [0.05, 0.1) is 15.1 Å². The monoisotopic (exact) mass is 382 g/mol. The van der Waals surface area contributed by atoms with Crippen molar-refractivity contribution in [1.29, 1.82) is 0 Å². The third-order valence-electron chi connectivity index (χ3n) is 2.38. The Morgan fingerprint density at radius 3 is 2.42 bits per heavy atom. The average Bonchev–Trinajstić information content (AvgIpc) is 2.38. The highest BCUT2D eigenvalue weighted by Crippen LogP contribution is 2.38. The van der Waals surface area contributed by atoms with Crippen LogP contribution in [0.15, 0.2) is 30.3 Å². The molecule has 0 saturated heterocycles. The number of hydrogen-bond donors (Lipinski definition) is 0. The summed E-state index contributed by atoms with van der Waals surface area (Å²) in [7, 11) is 0. The molecular weight excluding hydrogens is 377 g/mol. The molecule has 0 aliphatic rings. The molecule has 2 rings (SSSR count). The summed E-state index contributed by atoms with van der Waals surface area (Å²) in [5.41, 5.74) is 0.669. The van der Waals surface area contributed by atoms with Gasteiger partial charge in [0, 0.05) is 17.0 Å². The van der Waals surface area contributed by atoms with E-state index in [1.807, 2.05) is 0 Å². The SMILES string of the molecule is Fc1cccc(CBr)c1Oc1cc(Cl)c(Cl)cc1Cl. The van der Waals surface area contributed by atoms with E-state index in [2.05, 4.69) is 15.9 Å². The number of ether oxygens (including phenoxy) is 1. The fraction of sp³-hybridized carbons (Fsp3) is 0.0769. The van der Waals surface area contributed by atoms with Crippen molar-refractivity contribution in [1.82, 2.24) is 0 Å². The van der Waals surface area contributed by atoms with Crippen LogP contribution in [0.5, 0.6) is 11.5 Å². The summed E-state index contributed by atoms with van der Waals surface area (Å²) in [6.07, 6.45) is 0. The van der Waals surface area contributed by atoms with Crippen LogP contribution in [0, 0.1) is 5.82 Å². The summed E-state index contributed by atoms with van der Waals surface area (Å²) >= 11 is 21.0. The van der Waals surface area contributed by atoms with E-state index >= 15 is 0 Å². The molecule has 100 valence electrons. The molecule has 0 fully saturated rings. The Balaban J connectivity index is 2.44. The fourth-order valence-corrected chi connectivity index (χ4v) is 2.48. The van der Waals surface area contributed by atoms with Gasteiger partial charge in [-0.3, -0.25) is 0 Å². The lowest BCUT2D eigenvalue weighted by molar-refractivity contribution is 0.438. The minimum absolute atomic E-state index is 0.111. The average molecular weight is 384 g/mol. The third kappa shape index (κ3) is 3.34. The minimum Gasteiger partial charge on any atom is -0.452 e. The van der Waals surface area contributed by atoms with Gasteiger partial charge in [-0.15, -0.1) is 0 Å². The molecule has 0 amide bonds. The van der Waals surface area contributed by atoms with Crippen LogP contribution in [0.3, 0.4) is 0 Å². The molecule has 0 aliphatic heterocycles. The van der Waals surface area contributed by atoms with Crippen LogP contribution >= 0.6 is 50.7 Å². The van der Waals surface area contributed by atoms with Crippen molar-refractivity contribution in [3.8, 4) is 11.5 Å². The molecule has 0 saturated carbocycles. The maximum atomic E-state index is 13.8. The number of benzene rings is 2. The highest BCUT2D eigenvalue weighted by molar-refractivity contribution is 9.08. The second-order valence-corrected chi connectivity index (χ2v) is 5.44. The van der Waals surface area contributed by atoms with Crippen molar-refractivity contribution in [2.75, 3.05) is 0 Å². The lowest BCUT2D eigenvalue weighted by atomic mass is 10.2. The van der Waals surface area contributed by atoms with Gasteiger partial charge in [-0.1, -0.05) is 62.9 Å². The molecule has 0 heterocycles. The molecule has 0 aliphatic carbocycles. The summed E-state index contributed by atoms with van der Waals surface area (Å²) in [5, 5.41) is 1.32. The van der Waals surface area contributed by atoms with Gasteiger partial charge >= 0.3 is 0 Å². The van der Waals surface area contributed by atoms with Crippen LogP contribution in [0.2, 0.25) is 15.1 Å². The topological polar surface area (TPSA) is 9.23 Å². The van der Waals surface area contributed by atoms with Crippen LogP contribution in [-0.4, -0.2) is 0 Å². The molecule has 1 nitrogen and oxygen atoms in total. The summed E-state index contributed by atoms with van der Waals surface area (Å²) in [6, 6.07) is 7.58. The standard InChI is InChI=1S/C13H7BrCl3FO/c14-6-7-2-1-3-11(18)13(7)19-12-5-9(16)8(15)4-10(12)17/h1-5H,6H2. The summed E-state index contributed by atoms with van der Waals surface area (Å²) in [6.45, 7) is 0. The molecule has 0 unspecified atom stereocenters. The second-order valence-electron chi connectivity index (χ2n) is 3.66. The smallest absolute Gasteiger partial charge is 0.167 e. The predicted molar refractivity (Wildman–Crippen MR) is 80.6 cm³/mol. The van der Waals surface area contributed by atoms with Gasteiger partial charge in [-0.05, 0) is 12.1 Å². The zero-order valence-electron chi connectivity index (χ0n) is 9.39. The predicted octanol–water partition coefficient (Wildman–Crippen LogP) is 6.47. The molecule has 0 atom stereocenters. The van der Waals surface area contributed by atoms with Crippen LogP contribution in [-0.2, 0) is 5.33 Å². The van der Waals surface area contributed by atoms with Crippen LogP contribution in [0.1, 0.15) is 5.56 Å². The second kappa shape index (κ2) is 6.31. The molecular formula is C13H7BrCl3FO. The number of halogens is 5. The quantitative estimate of drug-likeness (QED) is 0.435. The van der Waals surface area contributed by atoms with Crippen molar-refractivity contribution in [2.24, 2.45) is 0 Å². The van der Waals surface area contributed by atoms with Gasteiger partial charge < -0.3 is 4.74 Å². The Morgan fingerprint density at radius 2 is 1.74 bits per heavy atom. The van der Waals surface area contributed by atoms with Gasteiger partial charge in [-0.25, -0.2) is 4.39 Å². The Bertz CT molecular complexity index is 619. The van der Waals surface area contributed by atoms with Crippen LogP contribution in [0.4, 0.5) is 4.39 Å². The molecule has 0 N–H and O–H groups in total. The molecule has 0 bridgehead atoms. The van der Waals surface area contributed by atoms with Crippen molar-refractivity contribution in [3.05, 3.63) is 56.8 Å². The number of hydrogen-bond acceptors (Lipinski definition) is 1. The van der Waals surface area contributed by atoms with Crippen molar-refractivity contribution in [3.63, 3.8) is 0 Å². The summed E-state index contributed by atoms with van der Waals surface area (Å²) < 4.78 is 19.3. The van der Waals surface area contributed by atoms with Crippen LogP contribution < -0.4 is 4.74 Å². The fourth-order valence-electron chi connectivity index (χ4n) is 1.47. The first-order valence-corrected chi connectivity index (χ1v) is 7.44. The number of rotatable bonds is 3. The lowest BCUT2D eigenvalue weighted by Gasteiger charge is -2.12. The molecule has 2 aromatic rings. The Labute approximate surface area is 133 Å². The van der Waals surface area contributed by atoms with E-state index in [9.17, 15) is 4.39 Å². The molecule has 19 heavy (non-hydrogen) atoms. The first-order chi connectivity index (χ1) is 9.02. The van der Waals surface area contributed by atoms with Gasteiger partial charge in [0.1, 0.15) is 5.75 Å². The van der Waals surface area contributed by atoms with Gasteiger partial charge in [0.15, 0.2) is 11.6 Å². The maximum absolute atomic E-state index is 13.8. The normalized spacial score (nSPS) is 10.6.